The van der Waals surface area contributed by atoms with E-state index in [1.54, 1.807) is 4.90 Å². The van der Waals surface area contributed by atoms with Crippen molar-refractivity contribution in [1.82, 2.24) is 4.90 Å². The normalized spacial score (nSPS) is 23.0. The van der Waals surface area contributed by atoms with Crippen molar-refractivity contribution in [3.05, 3.63) is 41.7 Å². The molecule has 1 aliphatic heterocycles. The van der Waals surface area contributed by atoms with Crippen LogP contribution in [0.4, 0.5) is 5.69 Å². The van der Waals surface area contributed by atoms with Crippen molar-refractivity contribution in [2.45, 2.75) is 27.7 Å². The standard InChI is InChI=1S/C23H28N2O4/c1-14(2)13-16-18(23(16,3)4)21(26)24-19-15-7-5-6-8-17(15)29-20(19)22(27)25-9-11-28-12-10-25/h5-8,13,16,18H,9-12H2,1-4H3,(H,24,26)/t16-,18-/m1/s1. The molecule has 0 unspecified atom stereocenters. The minimum absolute atomic E-state index is 0.0694. The maximum absolute atomic E-state index is 13.1. The highest BCUT2D eigenvalue weighted by Gasteiger charge is 2.60. The molecule has 1 N–H and O–H groups in total. The number of carbonyl (C=O) groups is 2. The number of amides is 2. The SMILES string of the molecule is CC(C)=C[C@@H]1[C@H](C(=O)Nc2c(C(=O)N3CCOCC3)oc3ccccc23)C1(C)C. The molecule has 1 saturated carbocycles. The molecule has 1 aliphatic carbocycles. The molecule has 0 radical (unpaired) electrons. The molecule has 1 saturated heterocycles. The maximum Gasteiger partial charge on any atom is 0.291 e. The molecule has 0 spiro atoms. The maximum atomic E-state index is 13.1. The Morgan fingerprint density at radius 1 is 1.17 bits per heavy atom. The Morgan fingerprint density at radius 3 is 2.55 bits per heavy atom. The Morgan fingerprint density at radius 2 is 1.86 bits per heavy atom. The number of benzene rings is 1. The molecule has 1 aromatic carbocycles. The Labute approximate surface area is 170 Å². The Bertz CT molecular complexity index is 978. The van der Waals surface area contributed by atoms with Gasteiger partial charge in [0.2, 0.25) is 11.7 Å². The van der Waals surface area contributed by atoms with Gasteiger partial charge in [0.05, 0.1) is 19.1 Å². The second-order valence-corrected chi connectivity index (χ2v) is 8.77. The third-order valence-corrected chi connectivity index (χ3v) is 6.04. The van der Waals surface area contributed by atoms with Gasteiger partial charge in [0.15, 0.2) is 0 Å². The highest BCUT2D eigenvalue weighted by molar-refractivity contribution is 6.11. The van der Waals surface area contributed by atoms with Gasteiger partial charge < -0.3 is 19.4 Å². The lowest BCUT2D eigenvalue weighted by Crippen LogP contribution is -2.40. The highest BCUT2D eigenvalue weighted by atomic mass is 16.5. The van der Waals surface area contributed by atoms with Gasteiger partial charge in [-0.25, -0.2) is 0 Å². The summed E-state index contributed by atoms with van der Waals surface area (Å²) in [4.78, 5) is 28.0. The number of nitrogens with one attached hydrogen (secondary N) is 1. The van der Waals surface area contributed by atoms with Gasteiger partial charge in [-0.1, -0.05) is 37.6 Å². The number of morpholine rings is 1. The molecule has 2 amide bonds. The molecule has 2 atom stereocenters. The van der Waals surface area contributed by atoms with Crippen LogP contribution in [0.5, 0.6) is 0 Å². The zero-order chi connectivity index (χ0) is 20.8. The number of furan rings is 1. The van der Waals surface area contributed by atoms with E-state index in [-0.39, 0.29) is 34.8 Å². The fraction of sp³-hybridized carbons (Fsp3) is 0.478. The molecule has 29 heavy (non-hydrogen) atoms. The lowest BCUT2D eigenvalue weighted by atomic mass is 10.1. The summed E-state index contributed by atoms with van der Waals surface area (Å²) in [6.45, 7) is 10.4. The van der Waals surface area contributed by atoms with Crippen LogP contribution in [-0.4, -0.2) is 43.0 Å². The van der Waals surface area contributed by atoms with Crippen LogP contribution in [-0.2, 0) is 9.53 Å². The lowest BCUT2D eigenvalue weighted by Gasteiger charge is -2.26. The summed E-state index contributed by atoms with van der Waals surface area (Å²) in [6, 6.07) is 7.42. The number of hydrogen-bond donors (Lipinski definition) is 1. The largest absolute Gasteiger partial charge is 0.449 e. The molecular formula is C23H28N2O4. The first-order valence-corrected chi connectivity index (χ1v) is 10.1. The molecule has 154 valence electrons. The van der Waals surface area contributed by atoms with E-state index in [1.165, 1.54) is 5.57 Å². The number of hydrogen-bond acceptors (Lipinski definition) is 4. The number of para-hydroxylation sites is 1. The Kier molecular flexibility index (Phi) is 4.99. The zero-order valence-electron chi connectivity index (χ0n) is 17.5. The molecule has 6 nitrogen and oxygen atoms in total. The third kappa shape index (κ3) is 3.57. The third-order valence-electron chi connectivity index (χ3n) is 6.04. The van der Waals surface area contributed by atoms with Crippen LogP contribution >= 0.6 is 0 Å². The van der Waals surface area contributed by atoms with E-state index in [0.29, 0.717) is 37.6 Å². The first-order valence-electron chi connectivity index (χ1n) is 10.1. The van der Waals surface area contributed by atoms with Crippen LogP contribution in [0.25, 0.3) is 11.0 Å². The summed E-state index contributed by atoms with van der Waals surface area (Å²) < 4.78 is 11.2. The van der Waals surface area contributed by atoms with Crippen molar-refractivity contribution in [2.75, 3.05) is 31.6 Å². The van der Waals surface area contributed by atoms with Gasteiger partial charge in [-0.2, -0.15) is 0 Å². The number of rotatable bonds is 4. The van der Waals surface area contributed by atoms with Crippen molar-refractivity contribution < 1.29 is 18.7 Å². The number of ether oxygens (including phenoxy) is 1. The van der Waals surface area contributed by atoms with Crippen LogP contribution in [0.2, 0.25) is 0 Å². The molecule has 2 aliphatic rings. The minimum Gasteiger partial charge on any atom is -0.449 e. The van der Waals surface area contributed by atoms with E-state index in [0.717, 1.165) is 5.39 Å². The smallest absolute Gasteiger partial charge is 0.291 e. The molecule has 0 bridgehead atoms. The monoisotopic (exact) mass is 396 g/mol. The first kappa shape index (κ1) is 19.7. The predicted molar refractivity (Wildman–Crippen MR) is 112 cm³/mol. The number of carbonyl (C=O) groups excluding carboxylic acids is 2. The minimum atomic E-state index is -0.212. The fourth-order valence-electron chi connectivity index (χ4n) is 4.28. The van der Waals surface area contributed by atoms with Crippen molar-refractivity contribution >= 4 is 28.5 Å². The van der Waals surface area contributed by atoms with Gasteiger partial charge in [-0.3, -0.25) is 9.59 Å². The number of allylic oxidation sites excluding steroid dienone is 2. The molecule has 4 rings (SSSR count). The molecule has 6 heteroatoms. The number of nitrogens with zero attached hydrogens (tertiary/aromatic N) is 1. The summed E-state index contributed by atoms with van der Waals surface area (Å²) in [7, 11) is 0. The Hall–Kier alpha value is -2.60. The molecule has 2 heterocycles. The Balaban J connectivity index is 1.65. The highest BCUT2D eigenvalue weighted by Crippen LogP contribution is 2.59. The van der Waals surface area contributed by atoms with Gasteiger partial charge in [0, 0.05) is 18.5 Å². The predicted octanol–water partition coefficient (Wildman–Crippen LogP) is 4.08. The van der Waals surface area contributed by atoms with Gasteiger partial charge in [-0.05, 0) is 37.3 Å². The van der Waals surface area contributed by atoms with E-state index < -0.39 is 0 Å². The topological polar surface area (TPSA) is 71.8 Å². The van der Waals surface area contributed by atoms with Crippen molar-refractivity contribution in [2.24, 2.45) is 17.3 Å². The zero-order valence-corrected chi connectivity index (χ0v) is 17.5. The van der Waals surface area contributed by atoms with E-state index in [2.05, 4.69) is 25.2 Å². The number of fused-ring (bicyclic) bond motifs is 1. The first-order chi connectivity index (χ1) is 13.8. The molecule has 2 fully saturated rings. The van der Waals surface area contributed by atoms with E-state index in [1.807, 2.05) is 38.1 Å². The summed E-state index contributed by atoms with van der Waals surface area (Å²) in [5, 5.41) is 3.78. The van der Waals surface area contributed by atoms with Gasteiger partial charge in [0.25, 0.3) is 5.91 Å². The molecule has 1 aromatic heterocycles. The van der Waals surface area contributed by atoms with Crippen LogP contribution in [0.15, 0.2) is 40.3 Å². The van der Waals surface area contributed by atoms with Crippen LogP contribution in [0.3, 0.4) is 0 Å². The van der Waals surface area contributed by atoms with Crippen molar-refractivity contribution in [3.8, 4) is 0 Å². The van der Waals surface area contributed by atoms with Gasteiger partial charge in [-0.15, -0.1) is 0 Å². The van der Waals surface area contributed by atoms with Crippen LogP contribution in [0, 0.1) is 17.3 Å². The van der Waals surface area contributed by atoms with E-state index >= 15 is 0 Å². The molecular weight excluding hydrogens is 368 g/mol. The quantitative estimate of drug-likeness (QED) is 0.791. The van der Waals surface area contributed by atoms with Gasteiger partial charge in [0.1, 0.15) is 11.3 Å². The van der Waals surface area contributed by atoms with Crippen molar-refractivity contribution in [3.63, 3.8) is 0 Å². The summed E-state index contributed by atoms with van der Waals surface area (Å²) >= 11 is 0. The van der Waals surface area contributed by atoms with Crippen LogP contribution in [0.1, 0.15) is 38.2 Å². The van der Waals surface area contributed by atoms with E-state index in [9.17, 15) is 9.59 Å². The number of anilines is 1. The summed E-state index contributed by atoms with van der Waals surface area (Å²) in [6.07, 6.45) is 2.16. The van der Waals surface area contributed by atoms with Crippen LogP contribution < -0.4 is 5.32 Å². The second kappa shape index (κ2) is 7.34. The average Bonchev–Trinajstić information content (AvgIpc) is 3.05. The fourth-order valence-corrected chi connectivity index (χ4v) is 4.28. The average molecular weight is 396 g/mol. The summed E-state index contributed by atoms with van der Waals surface area (Å²) in [5.41, 5.74) is 2.17. The second-order valence-electron chi connectivity index (χ2n) is 8.77. The van der Waals surface area contributed by atoms with Gasteiger partial charge >= 0.3 is 0 Å². The molecule has 2 aromatic rings. The van der Waals surface area contributed by atoms with Crippen molar-refractivity contribution in [1.29, 1.82) is 0 Å². The lowest BCUT2D eigenvalue weighted by molar-refractivity contribution is -0.118. The summed E-state index contributed by atoms with van der Waals surface area (Å²) in [5.74, 6) is -0.0177. The van der Waals surface area contributed by atoms with E-state index in [4.69, 9.17) is 9.15 Å².